The van der Waals surface area contributed by atoms with Crippen molar-refractivity contribution in [3.8, 4) is 11.3 Å². The van der Waals surface area contributed by atoms with E-state index >= 15 is 0 Å². The van der Waals surface area contributed by atoms with Crippen molar-refractivity contribution < 1.29 is 13.5 Å². The lowest BCUT2D eigenvalue weighted by Crippen LogP contribution is -2.05. The van der Waals surface area contributed by atoms with Gasteiger partial charge in [0.05, 0.1) is 14.8 Å². The van der Waals surface area contributed by atoms with Gasteiger partial charge in [0.1, 0.15) is 17.0 Å². The van der Waals surface area contributed by atoms with E-state index in [1.165, 1.54) is 6.26 Å². The average molecular weight is 409 g/mol. The fourth-order valence-electron chi connectivity index (χ4n) is 2.40. The number of halogens is 2. The molecular weight excluding hydrogens is 395 g/mol. The van der Waals surface area contributed by atoms with Crippen LogP contribution in [0.5, 0.6) is 0 Å². The minimum Gasteiger partial charge on any atom is -0.360 e. The number of amides is 1. The highest BCUT2D eigenvalue weighted by atomic mass is 35.5. The lowest BCUT2D eigenvalue weighted by atomic mass is 10.1. The third kappa shape index (κ3) is 3.67. The molecule has 3 rings (SSSR count). The van der Waals surface area contributed by atoms with E-state index in [-0.39, 0.29) is 17.0 Å². The molecule has 1 amide bonds. The van der Waals surface area contributed by atoms with E-state index < -0.39 is 15.6 Å². The number of nitrogens with zero attached hydrogens (tertiary/aromatic N) is 2. The molecule has 26 heavy (non-hydrogen) atoms. The van der Waals surface area contributed by atoms with Crippen molar-refractivity contribution in [2.45, 2.75) is 11.8 Å². The van der Waals surface area contributed by atoms with Gasteiger partial charge in [-0.25, -0.2) is 4.21 Å². The van der Waals surface area contributed by atoms with Gasteiger partial charge >= 0.3 is 0 Å². The van der Waals surface area contributed by atoms with Gasteiger partial charge in [0.15, 0.2) is 0 Å². The molecule has 1 heterocycles. The summed E-state index contributed by atoms with van der Waals surface area (Å²) in [6.07, 6.45) is 1.39. The van der Waals surface area contributed by atoms with Crippen LogP contribution in [0.1, 0.15) is 16.1 Å². The molecule has 0 aliphatic rings. The van der Waals surface area contributed by atoms with E-state index in [9.17, 15) is 9.00 Å². The van der Waals surface area contributed by atoms with E-state index in [0.29, 0.717) is 20.5 Å². The quantitative estimate of drug-likeness (QED) is 0.592. The number of hydrogen-bond donors (Lipinski definition) is 0. The number of aryl methyl sites for hydroxylation is 1. The second kappa shape index (κ2) is 7.23. The van der Waals surface area contributed by atoms with Crippen LogP contribution in [0, 0.1) is 6.92 Å². The highest BCUT2D eigenvalue weighted by molar-refractivity contribution is 7.93. The van der Waals surface area contributed by atoms with Crippen LogP contribution in [0.3, 0.4) is 0 Å². The summed E-state index contributed by atoms with van der Waals surface area (Å²) in [6.45, 7) is 1.59. The summed E-state index contributed by atoms with van der Waals surface area (Å²) < 4.78 is 22.0. The van der Waals surface area contributed by atoms with Crippen LogP contribution in [0.2, 0.25) is 10.0 Å². The topological polar surface area (TPSA) is 72.5 Å². The molecule has 1 aromatic heterocycles. The molecule has 5 nitrogen and oxygen atoms in total. The van der Waals surface area contributed by atoms with Gasteiger partial charge in [0, 0.05) is 21.7 Å². The Morgan fingerprint density at radius 2 is 1.77 bits per heavy atom. The van der Waals surface area contributed by atoms with Crippen LogP contribution in [0.25, 0.3) is 11.3 Å². The molecular formula is C18H14Cl2N2O3S. The largest absolute Gasteiger partial charge is 0.360 e. The van der Waals surface area contributed by atoms with Gasteiger partial charge in [-0.2, -0.15) is 4.36 Å². The van der Waals surface area contributed by atoms with Crippen molar-refractivity contribution >= 4 is 38.8 Å². The summed E-state index contributed by atoms with van der Waals surface area (Å²) in [6, 6.07) is 13.3. The molecule has 0 fully saturated rings. The van der Waals surface area contributed by atoms with Crippen LogP contribution in [0.15, 0.2) is 62.3 Å². The SMILES string of the molecule is Cc1onc(-c2ccccc2Cl)c1C(=O)N=S(C)(=O)c1ccc(Cl)cc1. The predicted octanol–water partition coefficient (Wildman–Crippen LogP) is 5.25. The molecule has 3 aromatic rings. The van der Waals surface area contributed by atoms with Crippen molar-refractivity contribution in [1.29, 1.82) is 0 Å². The molecule has 0 aliphatic heterocycles. The Balaban J connectivity index is 2.09. The van der Waals surface area contributed by atoms with Gasteiger partial charge in [0.25, 0.3) is 5.91 Å². The Morgan fingerprint density at radius 1 is 1.12 bits per heavy atom. The van der Waals surface area contributed by atoms with Gasteiger partial charge in [-0.15, -0.1) is 0 Å². The standard InChI is InChI=1S/C18H14Cl2N2O3S/c1-11-16(17(21-25-11)14-5-3-4-6-15(14)20)18(23)22-26(2,24)13-9-7-12(19)8-10-13/h3-10H,1-2H3. The summed E-state index contributed by atoms with van der Waals surface area (Å²) in [5.41, 5.74) is 0.952. The Morgan fingerprint density at radius 3 is 2.42 bits per heavy atom. The molecule has 8 heteroatoms. The number of aromatic nitrogens is 1. The first-order valence-corrected chi connectivity index (χ1v) is 10.2. The molecule has 0 bridgehead atoms. The highest BCUT2D eigenvalue weighted by Gasteiger charge is 2.24. The monoisotopic (exact) mass is 408 g/mol. The van der Waals surface area contributed by atoms with E-state index in [1.54, 1.807) is 55.5 Å². The zero-order valence-corrected chi connectivity index (χ0v) is 16.2. The molecule has 0 saturated heterocycles. The first kappa shape index (κ1) is 18.6. The maximum absolute atomic E-state index is 12.9. The molecule has 1 atom stereocenters. The maximum Gasteiger partial charge on any atom is 0.291 e. The number of carbonyl (C=O) groups excluding carboxylic acids is 1. The first-order chi connectivity index (χ1) is 12.3. The number of benzene rings is 2. The first-order valence-electron chi connectivity index (χ1n) is 7.53. The predicted molar refractivity (Wildman–Crippen MR) is 102 cm³/mol. The highest BCUT2D eigenvalue weighted by Crippen LogP contribution is 2.31. The number of carbonyl (C=O) groups is 1. The fourth-order valence-corrected chi connectivity index (χ4v) is 3.91. The van der Waals surface area contributed by atoms with E-state index in [0.717, 1.165) is 0 Å². The maximum atomic E-state index is 12.9. The minimum absolute atomic E-state index is 0.140. The normalized spacial score (nSPS) is 13.2. The Labute approximate surface area is 161 Å². The summed E-state index contributed by atoms with van der Waals surface area (Å²) in [5.74, 6) is -0.402. The molecule has 0 N–H and O–H groups in total. The third-order valence-electron chi connectivity index (χ3n) is 3.71. The van der Waals surface area contributed by atoms with Crippen molar-refractivity contribution in [2.24, 2.45) is 4.36 Å². The zero-order valence-electron chi connectivity index (χ0n) is 13.9. The summed E-state index contributed by atoms with van der Waals surface area (Å²) in [5, 5.41) is 4.86. The van der Waals surface area contributed by atoms with Crippen molar-refractivity contribution in [1.82, 2.24) is 5.16 Å². The Bertz CT molecular complexity index is 1100. The van der Waals surface area contributed by atoms with Crippen LogP contribution >= 0.6 is 23.2 Å². The average Bonchev–Trinajstić information content (AvgIpc) is 2.97. The van der Waals surface area contributed by atoms with Crippen LogP contribution in [-0.4, -0.2) is 21.5 Å². The summed E-state index contributed by atoms with van der Waals surface area (Å²) in [7, 11) is -2.96. The lowest BCUT2D eigenvalue weighted by molar-refractivity contribution is 0.100. The van der Waals surface area contributed by atoms with E-state index in [4.69, 9.17) is 27.7 Å². The summed E-state index contributed by atoms with van der Waals surface area (Å²) >= 11 is 12.0. The van der Waals surface area contributed by atoms with Crippen LogP contribution in [0.4, 0.5) is 0 Å². The number of rotatable bonds is 3. The Hall–Kier alpha value is -2.15. The van der Waals surface area contributed by atoms with Crippen LogP contribution in [-0.2, 0) is 9.73 Å². The minimum atomic E-state index is -2.96. The summed E-state index contributed by atoms with van der Waals surface area (Å²) in [4.78, 5) is 13.2. The Kier molecular flexibility index (Phi) is 5.18. The lowest BCUT2D eigenvalue weighted by Gasteiger charge is -2.05. The van der Waals surface area contributed by atoms with E-state index in [2.05, 4.69) is 9.52 Å². The smallest absolute Gasteiger partial charge is 0.291 e. The van der Waals surface area contributed by atoms with Crippen LogP contribution < -0.4 is 0 Å². The fraction of sp³-hybridized carbons (Fsp3) is 0.111. The second-order valence-electron chi connectivity index (χ2n) is 5.60. The van der Waals surface area contributed by atoms with Gasteiger partial charge in [-0.1, -0.05) is 46.6 Å². The van der Waals surface area contributed by atoms with Gasteiger partial charge in [0.2, 0.25) is 0 Å². The molecule has 2 aromatic carbocycles. The van der Waals surface area contributed by atoms with Gasteiger partial charge in [-0.3, -0.25) is 4.79 Å². The zero-order chi connectivity index (χ0) is 18.9. The molecule has 134 valence electrons. The van der Waals surface area contributed by atoms with Crippen molar-refractivity contribution in [2.75, 3.05) is 6.26 Å². The number of hydrogen-bond acceptors (Lipinski definition) is 4. The van der Waals surface area contributed by atoms with Crippen molar-refractivity contribution in [3.05, 3.63) is 69.9 Å². The molecule has 0 radical (unpaired) electrons. The third-order valence-corrected chi connectivity index (χ3v) is 5.96. The van der Waals surface area contributed by atoms with Crippen molar-refractivity contribution in [3.63, 3.8) is 0 Å². The molecule has 0 aliphatic carbocycles. The van der Waals surface area contributed by atoms with E-state index in [1.807, 2.05) is 0 Å². The second-order valence-corrected chi connectivity index (χ2v) is 8.70. The van der Waals surface area contributed by atoms with Gasteiger partial charge in [-0.05, 0) is 37.3 Å². The molecule has 0 spiro atoms. The molecule has 0 saturated carbocycles. The van der Waals surface area contributed by atoms with Gasteiger partial charge < -0.3 is 4.52 Å². The molecule has 1 unspecified atom stereocenters.